The lowest BCUT2D eigenvalue weighted by Crippen LogP contribution is -2.23. The molecule has 0 saturated carbocycles. The van der Waals surface area contributed by atoms with Crippen LogP contribution < -0.4 is 0 Å². The molecule has 0 aromatic rings. The first-order chi connectivity index (χ1) is 11.3. The highest BCUT2D eigenvalue weighted by molar-refractivity contribution is 7.55. The van der Waals surface area contributed by atoms with Gasteiger partial charge < -0.3 is 14.2 Å². The van der Waals surface area contributed by atoms with Gasteiger partial charge in [0.25, 0.3) is 0 Å². The fourth-order valence-corrected chi connectivity index (χ4v) is 4.27. The topological polar surface area (TPSA) is 72.8 Å². The maximum Gasteiger partial charge on any atom is 0.344 e. The van der Waals surface area contributed by atoms with Crippen molar-refractivity contribution < 1.29 is 23.5 Å². The Bertz CT molecular complexity index is 468. The summed E-state index contributed by atoms with van der Waals surface area (Å²) in [5.41, 5.74) is 1.50. The van der Waals surface area contributed by atoms with Crippen LogP contribution in [0.25, 0.3) is 0 Å². The van der Waals surface area contributed by atoms with Gasteiger partial charge in [-0.2, -0.15) is 0 Å². The standard InChI is InChI=1S/C18H33O5P/c1-6-22-24(21,23-7-2)17(18(19)20)14-9-8-12-16(5)13-10-11-15(3)4/h11-12,17H,6-10,13-14H2,1-5H3,(H,19,20). The summed E-state index contributed by atoms with van der Waals surface area (Å²) in [4.78, 5) is 11.5. The van der Waals surface area contributed by atoms with E-state index in [1.54, 1.807) is 13.8 Å². The Kier molecular flexibility index (Phi) is 12.0. The molecule has 0 heterocycles. The number of hydrogen-bond donors (Lipinski definition) is 1. The van der Waals surface area contributed by atoms with E-state index in [1.807, 2.05) is 0 Å². The van der Waals surface area contributed by atoms with Gasteiger partial charge in [0, 0.05) is 0 Å². The summed E-state index contributed by atoms with van der Waals surface area (Å²) < 4.78 is 23.0. The number of aliphatic carboxylic acids is 1. The summed E-state index contributed by atoms with van der Waals surface area (Å²) >= 11 is 0. The van der Waals surface area contributed by atoms with Gasteiger partial charge in [0.05, 0.1) is 13.2 Å². The lowest BCUT2D eigenvalue weighted by atomic mass is 10.1. The third-order valence-corrected chi connectivity index (χ3v) is 6.03. The Morgan fingerprint density at radius 2 is 1.67 bits per heavy atom. The van der Waals surface area contributed by atoms with Crippen LogP contribution in [0, 0.1) is 0 Å². The molecule has 0 aromatic carbocycles. The number of allylic oxidation sites excluding steroid dienone is 4. The van der Waals surface area contributed by atoms with Gasteiger partial charge in [-0.1, -0.05) is 23.3 Å². The van der Waals surface area contributed by atoms with E-state index >= 15 is 0 Å². The van der Waals surface area contributed by atoms with E-state index in [9.17, 15) is 14.5 Å². The van der Waals surface area contributed by atoms with Gasteiger partial charge in [-0.15, -0.1) is 0 Å². The minimum Gasteiger partial charge on any atom is -0.481 e. The second-order valence-electron chi connectivity index (χ2n) is 6.03. The first-order valence-corrected chi connectivity index (χ1v) is 10.3. The van der Waals surface area contributed by atoms with Crippen LogP contribution in [0.3, 0.4) is 0 Å². The predicted octanol–water partition coefficient (Wildman–Crippen LogP) is 5.57. The fourth-order valence-electron chi connectivity index (χ4n) is 2.34. The van der Waals surface area contributed by atoms with E-state index in [2.05, 4.69) is 32.9 Å². The summed E-state index contributed by atoms with van der Waals surface area (Å²) in [6, 6.07) is 0. The number of carbonyl (C=O) groups is 1. The summed E-state index contributed by atoms with van der Waals surface area (Å²) in [5, 5.41) is 9.38. The molecule has 0 amide bonds. The van der Waals surface area contributed by atoms with Crippen LogP contribution in [0.2, 0.25) is 0 Å². The van der Waals surface area contributed by atoms with Crippen molar-refractivity contribution in [3.63, 3.8) is 0 Å². The van der Waals surface area contributed by atoms with Crippen LogP contribution in [0.4, 0.5) is 0 Å². The van der Waals surface area contributed by atoms with Crippen molar-refractivity contribution in [3.05, 3.63) is 23.3 Å². The summed E-state index contributed by atoms with van der Waals surface area (Å²) in [6.07, 6.45) is 8.05. The zero-order valence-corrected chi connectivity index (χ0v) is 16.6. The van der Waals surface area contributed by atoms with Crippen LogP contribution in [-0.2, 0) is 18.4 Å². The molecule has 0 fully saturated rings. The smallest absolute Gasteiger partial charge is 0.344 e. The van der Waals surface area contributed by atoms with Gasteiger partial charge in [0.15, 0.2) is 5.66 Å². The molecule has 0 radical (unpaired) electrons. The molecule has 0 aliphatic heterocycles. The summed E-state index contributed by atoms with van der Waals surface area (Å²) in [7, 11) is -3.61. The number of carboxylic acid groups (broad SMARTS) is 1. The normalized spacial score (nSPS) is 13.6. The lowest BCUT2D eigenvalue weighted by Gasteiger charge is -2.23. The second kappa shape index (κ2) is 12.5. The van der Waals surface area contributed by atoms with Crippen LogP contribution in [0.5, 0.6) is 0 Å². The van der Waals surface area contributed by atoms with Crippen LogP contribution in [-0.4, -0.2) is 29.9 Å². The minimum atomic E-state index is -3.61. The Hall–Kier alpha value is -0.900. The van der Waals surface area contributed by atoms with Gasteiger partial charge in [-0.3, -0.25) is 9.36 Å². The van der Waals surface area contributed by atoms with Crippen molar-refractivity contribution in [2.45, 2.75) is 72.4 Å². The molecular formula is C18H33O5P. The number of rotatable bonds is 13. The maximum atomic E-state index is 12.6. The van der Waals surface area contributed by atoms with Gasteiger partial charge in [-0.05, 0) is 66.7 Å². The van der Waals surface area contributed by atoms with Gasteiger partial charge in [-0.25, -0.2) is 0 Å². The minimum absolute atomic E-state index is 0.171. The molecule has 24 heavy (non-hydrogen) atoms. The summed E-state index contributed by atoms with van der Waals surface area (Å²) in [6.45, 7) is 9.96. The highest BCUT2D eigenvalue weighted by Crippen LogP contribution is 2.54. The van der Waals surface area contributed by atoms with Crippen molar-refractivity contribution in [3.8, 4) is 0 Å². The van der Waals surface area contributed by atoms with Gasteiger partial charge in [0.2, 0.25) is 0 Å². The average molecular weight is 360 g/mol. The van der Waals surface area contributed by atoms with E-state index < -0.39 is 19.2 Å². The molecule has 0 saturated heterocycles. The Morgan fingerprint density at radius 3 is 2.12 bits per heavy atom. The molecule has 6 heteroatoms. The van der Waals surface area contributed by atoms with Crippen molar-refractivity contribution in [2.24, 2.45) is 0 Å². The molecular weight excluding hydrogens is 327 g/mol. The van der Waals surface area contributed by atoms with Crippen LogP contribution in [0.1, 0.15) is 66.7 Å². The third-order valence-electron chi connectivity index (χ3n) is 3.55. The number of carboxylic acids is 1. The van der Waals surface area contributed by atoms with Crippen LogP contribution in [0.15, 0.2) is 23.3 Å². The number of hydrogen-bond acceptors (Lipinski definition) is 4. The molecule has 0 aliphatic carbocycles. The number of unbranched alkanes of at least 4 members (excludes halogenated alkanes) is 1. The maximum absolute atomic E-state index is 12.6. The van der Waals surface area contributed by atoms with Gasteiger partial charge in [0.1, 0.15) is 0 Å². The molecule has 0 aliphatic rings. The molecule has 140 valence electrons. The lowest BCUT2D eigenvalue weighted by molar-refractivity contribution is -0.137. The van der Waals surface area contributed by atoms with Gasteiger partial charge >= 0.3 is 13.6 Å². The highest BCUT2D eigenvalue weighted by Gasteiger charge is 2.40. The zero-order valence-electron chi connectivity index (χ0n) is 15.7. The molecule has 5 nitrogen and oxygen atoms in total. The van der Waals surface area contributed by atoms with E-state index in [0.717, 1.165) is 19.3 Å². The Balaban J connectivity index is 4.57. The largest absolute Gasteiger partial charge is 0.481 e. The molecule has 0 aromatic heterocycles. The molecule has 0 bridgehead atoms. The SMILES string of the molecule is CCOP(=O)(OCC)C(CCCC=C(C)CCC=C(C)C)C(=O)O. The van der Waals surface area contributed by atoms with E-state index in [4.69, 9.17) is 9.05 Å². The van der Waals surface area contributed by atoms with E-state index in [-0.39, 0.29) is 19.6 Å². The summed E-state index contributed by atoms with van der Waals surface area (Å²) in [5.74, 6) is -1.12. The predicted molar refractivity (Wildman–Crippen MR) is 98.6 cm³/mol. The quantitative estimate of drug-likeness (QED) is 0.264. The van der Waals surface area contributed by atoms with E-state index in [1.165, 1.54) is 11.1 Å². The Labute approximate surface area is 146 Å². The van der Waals surface area contributed by atoms with Crippen molar-refractivity contribution >= 4 is 13.6 Å². The zero-order chi connectivity index (χ0) is 18.6. The first-order valence-electron chi connectivity index (χ1n) is 8.67. The first kappa shape index (κ1) is 23.1. The molecule has 0 rings (SSSR count). The molecule has 1 atom stereocenters. The van der Waals surface area contributed by atoms with Crippen molar-refractivity contribution in [1.82, 2.24) is 0 Å². The third kappa shape index (κ3) is 9.41. The van der Waals surface area contributed by atoms with Crippen molar-refractivity contribution in [1.29, 1.82) is 0 Å². The average Bonchev–Trinajstić information content (AvgIpc) is 2.46. The molecule has 1 unspecified atom stereocenters. The second-order valence-corrected chi connectivity index (χ2v) is 8.25. The monoisotopic (exact) mass is 360 g/mol. The van der Waals surface area contributed by atoms with Crippen molar-refractivity contribution in [2.75, 3.05) is 13.2 Å². The molecule has 0 spiro atoms. The fraction of sp³-hybridized carbons (Fsp3) is 0.722. The Morgan fingerprint density at radius 1 is 1.08 bits per heavy atom. The van der Waals surface area contributed by atoms with E-state index in [0.29, 0.717) is 6.42 Å². The van der Waals surface area contributed by atoms with Crippen LogP contribution >= 0.6 is 7.60 Å². The highest BCUT2D eigenvalue weighted by atomic mass is 31.2. The molecule has 1 N–H and O–H groups in total.